The Hall–Kier alpha value is -0.280. The maximum Gasteiger partial charge on any atom is 0.149 e. The van der Waals surface area contributed by atoms with Crippen LogP contribution in [-0.4, -0.2) is 24.0 Å². The number of rotatable bonds is 5. The van der Waals surface area contributed by atoms with Gasteiger partial charge in [0.15, 0.2) is 0 Å². The summed E-state index contributed by atoms with van der Waals surface area (Å²) >= 11 is 0. The highest BCUT2D eigenvalue weighted by molar-refractivity contribution is 5.01. The third-order valence-electron chi connectivity index (χ3n) is 2.08. The lowest BCUT2D eigenvalue weighted by Crippen LogP contribution is -2.85. The molecule has 1 unspecified atom stereocenters. The zero-order valence-electron chi connectivity index (χ0n) is 7.74. The van der Waals surface area contributed by atoms with Crippen molar-refractivity contribution in [1.29, 1.82) is 0 Å². The molecule has 0 saturated heterocycles. The minimum Gasteiger partial charge on any atom is -0.330 e. The highest BCUT2D eigenvalue weighted by atomic mass is 15.3. The van der Waals surface area contributed by atoms with Crippen molar-refractivity contribution in [3.8, 4) is 0 Å². The Morgan fingerprint density at radius 1 is 1.00 bits per heavy atom. The van der Waals surface area contributed by atoms with E-state index in [0.717, 1.165) is 0 Å². The standard InChI is InChI=1S/C6H21N7/c7-3-1-2-4(8)5(9,10)6(11,12)13/h4H,1-3,7-13H2. The van der Waals surface area contributed by atoms with E-state index in [1.165, 1.54) is 0 Å². The fourth-order valence-corrected chi connectivity index (χ4v) is 0.898. The summed E-state index contributed by atoms with van der Waals surface area (Å²) in [7, 11) is 0. The highest BCUT2D eigenvalue weighted by Crippen LogP contribution is 2.08. The predicted octanol–water partition coefficient (Wildman–Crippen LogP) is -3.80. The van der Waals surface area contributed by atoms with Crippen LogP contribution in [-0.2, 0) is 0 Å². The van der Waals surface area contributed by atoms with Crippen molar-refractivity contribution in [2.75, 3.05) is 6.54 Å². The van der Waals surface area contributed by atoms with E-state index in [0.29, 0.717) is 19.4 Å². The molecule has 7 nitrogen and oxygen atoms in total. The van der Waals surface area contributed by atoms with Crippen LogP contribution < -0.4 is 40.1 Å². The molecule has 80 valence electrons. The van der Waals surface area contributed by atoms with E-state index in [2.05, 4.69) is 0 Å². The minimum absolute atomic E-state index is 0.510. The first-order valence-electron chi connectivity index (χ1n) is 4.13. The number of nitrogens with two attached hydrogens (primary N) is 7. The summed E-state index contributed by atoms with van der Waals surface area (Å²) in [6, 6.07) is -0.573. The lowest BCUT2D eigenvalue weighted by atomic mass is 9.92. The fraction of sp³-hybridized carbons (Fsp3) is 1.00. The van der Waals surface area contributed by atoms with Crippen molar-refractivity contribution in [2.45, 2.75) is 30.3 Å². The second kappa shape index (κ2) is 4.29. The third kappa shape index (κ3) is 3.16. The van der Waals surface area contributed by atoms with Crippen LogP contribution >= 0.6 is 0 Å². The number of hydrogen-bond acceptors (Lipinski definition) is 7. The maximum absolute atomic E-state index is 5.68. The van der Waals surface area contributed by atoms with Crippen molar-refractivity contribution in [3.63, 3.8) is 0 Å². The van der Waals surface area contributed by atoms with E-state index in [9.17, 15) is 0 Å². The van der Waals surface area contributed by atoms with Crippen LogP contribution in [0.15, 0.2) is 0 Å². The average Bonchev–Trinajstić information content (AvgIpc) is 1.97. The molecule has 0 rings (SSSR count). The Labute approximate surface area is 77.9 Å². The SMILES string of the molecule is NCCCC(N)C(N)(N)C(N)(N)N. The summed E-state index contributed by atoms with van der Waals surface area (Å²) in [4.78, 5) is 0. The Balaban J connectivity index is 4.27. The molecule has 0 amide bonds. The van der Waals surface area contributed by atoms with E-state index in [1.54, 1.807) is 0 Å². The van der Waals surface area contributed by atoms with Gasteiger partial charge in [-0.1, -0.05) is 0 Å². The molecule has 1 atom stereocenters. The van der Waals surface area contributed by atoms with Crippen LogP contribution in [0.4, 0.5) is 0 Å². The zero-order chi connectivity index (χ0) is 10.7. The molecule has 13 heavy (non-hydrogen) atoms. The van der Waals surface area contributed by atoms with Crippen molar-refractivity contribution in [2.24, 2.45) is 40.1 Å². The predicted molar refractivity (Wildman–Crippen MR) is 52.7 cm³/mol. The monoisotopic (exact) mass is 191 g/mol. The molecule has 14 N–H and O–H groups in total. The molecule has 0 radical (unpaired) electrons. The first kappa shape index (κ1) is 12.7. The third-order valence-corrected chi connectivity index (χ3v) is 2.08. The van der Waals surface area contributed by atoms with E-state index in [4.69, 9.17) is 40.1 Å². The van der Waals surface area contributed by atoms with Gasteiger partial charge in [-0.15, -0.1) is 0 Å². The Kier molecular flexibility index (Phi) is 4.20. The van der Waals surface area contributed by atoms with Gasteiger partial charge in [-0.25, -0.2) is 0 Å². The van der Waals surface area contributed by atoms with E-state index < -0.39 is 17.5 Å². The summed E-state index contributed by atoms with van der Waals surface area (Å²) in [6.07, 6.45) is 1.24. The van der Waals surface area contributed by atoms with E-state index in [-0.39, 0.29) is 0 Å². The van der Waals surface area contributed by atoms with E-state index in [1.807, 2.05) is 0 Å². The molecule has 0 heterocycles. The largest absolute Gasteiger partial charge is 0.330 e. The van der Waals surface area contributed by atoms with Gasteiger partial charge < -0.3 is 22.9 Å². The summed E-state index contributed by atoms with van der Waals surface area (Å²) < 4.78 is 0. The number of hydrogen-bond donors (Lipinski definition) is 7. The van der Waals surface area contributed by atoms with Gasteiger partial charge in [0.05, 0.1) is 0 Å². The van der Waals surface area contributed by atoms with Crippen LogP contribution in [0.5, 0.6) is 0 Å². The quantitative estimate of drug-likeness (QED) is 0.217. The average molecular weight is 191 g/mol. The van der Waals surface area contributed by atoms with Crippen LogP contribution in [0.2, 0.25) is 0 Å². The van der Waals surface area contributed by atoms with Gasteiger partial charge in [-0.3, -0.25) is 17.2 Å². The molecule has 0 aliphatic heterocycles. The first-order valence-corrected chi connectivity index (χ1v) is 4.13. The molecule has 0 saturated carbocycles. The summed E-state index contributed by atoms with van der Waals surface area (Å²) in [5, 5.41) is 0. The molecule has 0 aromatic heterocycles. The molecule has 0 aromatic rings. The van der Waals surface area contributed by atoms with Crippen molar-refractivity contribution >= 4 is 0 Å². The van der Waals surface area contributed by atoms with Crippen LogP contribution in [0.25, 0.3) is 0 Å². The van der Waals surface area contributed by atoms with Gasteiger partial charge >= 0.3 is 0 Å². The Morgan fingerprint density at radius 2 is 1.46 bits per heavy atom. The fourth-order valence-electron chi connectivity index (χ4n) is 0.898. The topological polar surface area (TPSA) is 182 Å². The smallest absolute Gasteiger partial charge is 0.149 e. The van der Waals surface area contributed by atoms with Crippen molar-refractivity contribution in [3.05, 3.63) is 0 Å². The lowest BCUT2D eigenvalue weighted by Gasteiger charge is -2.41. The summed E-state index contributed by atoms with van der Waals surface area (Å²) in [5.74, 6) is -1.69. The van der Waals surface area contributed by atoms with Gasteiger partial charge in [0.1, 0.15) is 11.4 Å². The second-order valence-electron chi connectivity index (χ2n) is 3.40. The molecule has 0 fully saturated rings. The molecule has 0 aromatic carbocycles. The second-order valence-corrected chi connectivity index (χ2v) is 3.40. The summed E-state index contributed by atoms with van der Waals surface area (Å²) in [6.45, 7) is 0.510. The molecule has 0 spiro atoms. The van der Waals surface area contributed by atoms with Crippen molar-refractivity contribution < 1.29 is 0 Å². The first-order chi connectivity index (χ1) is 5.73. The molecule has 7 heteroatoms. The van der Waals surface area contributed by atoms with Crippen LogP contribution in [0.1, 0.15) is 12.8 Å². The normalized spacial score (nSPS) is 15.9. The van der Waals surface area contributed by atoms with Gasteiger partial charge in [-0.2, -0.15) is 0 Å². The molecular weight excluding hydrogens is 170 g/mol. The van der Waals surface area contributed by atoms with Crippen LogP contribution in [0, 0.1) is 0 Å². The Bertz CT molecular complexity index is 150. The van der Waals surface area contributed by atoms with Gasteiger partial charge in [0.25, 0.3) is 0 Å². The molecular formula is C6H21N7. The van der Waals surface area contributed by atoms with Gasteiger partial charge in [0, 0.05) is 6.04 Å². The Morgan fingerprint density at radius 3 is 1.77 bits per heavy atom. The zero-order valence-corrected chi connectivity index (χ0v) is 7.74. The summed E-state index contributed by atoms with van der Waals surface area (Å²) in [5.41, 5.74) is 36.8. The maximum atomic E-state index is 5.68. The van der Waals surface area contributed by atoms with Gasteiger partial charge in [0.2, 0.25) is 0 Å². The minimum atomic E-state index is -1.69. The van der Waals surface area contributed by atoms with Crippen LogP contribution in [0.3, 0.4) is 0 Å². The molecule has 0 bridgehead atoms. The highest BCUT2D eigenvalue weighted by Gasteiger charge is 2.41. The lowest BCUT2D eigenvalue weighted by molar-refractivity contribution is 0.189. The molecule has 0 aliphatic rings. The van der Waals surface area contributed by atoms with E-state index >= 15 is 0 Å². The van der Waals surface area contributed by atoms with Gasteiger partial charge in [-0.05, 0) is 19.4 Å². The van der Waals surface area contributed by atoms with Crippen molar-refractivity contribution in [1.82, 2.24) is 0 Å². The molecule has 0 aliphatic carbocycles.